The van der Waals surface area contributed by atoms with Crippen LogP contribution in [-0.4, -0.2) is 30.2 Å². The van der Waals surface area contributed by atoms with Gasteiger partial charge in [-0.2, -0.15) is 0 Å². The van der Waals surface area contributed by atoms with Gasteiger partial charge < -0.3 is 14.6 Å². The molecule has 0 radical (unpaired) electrons. The highest BCUT2D eigenvalue weighted by Crippen LogP contribution is 2.27. The highest BCUT2D eigenvalue weighted by atomic mass is 16.5. The summed E-state index contributed by atoms with van der Waals surface area (Å²) < 4.78 is 5.37. The molecule has 1 N–H and O–H groups in total. The number of aliphatic hydroxyl groups is 1. The summed E-state index contributed by atoms with van der Waals surface area (Å²) in [5.41, 5.74) is 0. The number of hydrogen-bond donors (Lipinski definition) is 1. The molecule has 1 heterocycles. The fourth-order valence-electron chi connectivity index (χ4n) is 1.61. The fraction of sp³-hybridized carbons (Fsp3) is 0.875. The SMILES string of the molecule is C[C@H]1CC(CC=O)[C@@H](CO)O1. The summed E-state index contributed by atoms with van der Waals surface area (Å²) in [6, 6.07) is 0. The summed E-state index contributed by atoms with van der Waals surface area (Å²) in [4.78, 5) is 10.2. The van der Waals surface area contributed by atoms with E-state index in [0.29, 0.717) is 6.42 Å². The molecular weight excluding hydrogens is 144 g/mol. The highest BCUT2D eigenvalue weighted by molar-refractivity contribution is 5.50. The summed E-state index contributed by atoms with van der Waals surface area (Å²) in [6.45, 7) is 2.00. The molecule has 1 fully saturated rings. The molecule has 64 valence electrons. The van der Waals surface area contributed by atoms with Gasteiger partial charge in [-0.1, -0.05) is 0 Å². The first-order valence-electron chi connectivity index (χ1n) is 3.98. The van der Waals surface area contributed by atoms with Crippen molar-refractivity contribution in [3.8, 4) is 0 Å². The first kappa shape index (κ1) is 8.68. The Hall–Kier alpha value is -0.410. The lowest BCUT2D eigenvalue weighted by Gasteiger charge is -2.12. The predicted molar refractivity (Wildman–Crippen MR) is 40.2 cm³/mol. The van der Waals surface area contributed by atoms with Crippen molar-refractivity contribution < 1.29 is 14.6 Å². The molecule has 0 bridgehead atoms. The number of carbonyl (C=O) groups is 1. The Morgan fingerprint density at radius 1 is 1.73 bits per heavy atom. The molecule has 1 saturated heterocycles. The Labute approximate surface area is 66.4 Å². The molecule has 0 aromatic heterocycles. The van der Waals surface area contributed by atoms with Crippen molar-refractivity contribution in [2.75, 3.05) is 6.61 Å². The maximum absolute atomic E-state index is 10.2. The zero-order chi connectivity index (χ0) is 8.27. The number of aldehydes is 1. The second kappa shape index (κ2) is 3.83. The average molecular weight is 158 g/mol. The van der Waals surface area contributed by atoms with Gasteiger partial charge in [0, 0.05) is 6.42 Å². The van der Waals surface area contributed by atoms with Crippen LogP contribution in [0, 0.1) is 5.92 Å². The molecular formula is C8H14O3. The second-order valence-corrected chi connectivity index (χ2v) is 3.07. The monoisotopic (exact) mass is 158 g/mol. The van der Waals surface area contributed by atoms with Crippen LogP contribution < -0.4 is 0 Å². The van der Waals surface area contributed by atoms with Crippen LogP contribution in [0.1, 0.15) is 19.8 Å². The minimum Gasteiger partial charge on any atom is -0.394 e. The van der Waals surface area contributed by atoms with Gasteiger partial charge in [0.1, 0.15) is 6.29 Å². The Bertz CT molecular complexity index is 135. The Morgan fingerprint density at radius 3 is 3.00 bits per heavy atom. The van der Waals surface area contributed by atoms with E-state index in [1.54, 1.807) is 0 Å². The Morgan fingerprint density at radius 2 is 2.45 bits per heavy atom. The Kier molecular flexibility index (Phi) is 3.02. The van der Waals surface area contributed by atoms with Gasteiger partial charge in [-0.3, -0.25) is 0 Å². The van der Waals surface area contributed by atoms with Crippen molar-refractivity contribution in [2.45, 2.75) is 32.0 Å². The smallest absolute Gasteiger partial charge is 0.120 e. The molecule has 1 aliphatic rings. The van der Waals surface area contributed by atoms with Crippen LogP contribution in [-0.2, 0) is 9.53 Å². The van der Waals surface area contributed by atoms with Gasteiger partial charge in [0.25, 0.3) is 0 Å². The molecule has 1 rings (SSSR count). The van der Waals surface area contributed by atoms with E-state index in [0.717, 1.165) is 12.7 Å². The third-order valence-corrected chi connectivity index (χ3v) is 2.15. The lowest BCUT2D eigenvalue weighted by atomic mass is 9.97. The molecule has 0 spiro atoms. The molecule has 0 saturated carbocycles. The molecule has 1 unspecified atom stereocenters. The summed E-state index contributed by atoms with van der Waals surface area (Å²) in [5.74, 6) is 0.229. The van der Waals surface area contributed by atoms with E-state index in [1.807, 2.05) is 6.92 Å². The van der Waals surface area contributed by atoms with Crippen molar-refractivity contribution in [3.05, 3.63) is 0 Å². The number of ether oxygens (including phenoxy) is 1. The molecule has 0 amide bonds. The van der Waals surface area contributed by atoms with Crippen LogP contribution in [0.3, 0.4) is 0 Å². The van der Waals surface area contributed by atoms with E-state index in [2.05, 4.69) is 0 Å². The van der Waals surface area contributed by atoms with Gasteiger partial charge in [-0.25, -0.2) is 0 Å². The lowest BCUT2D eigenvalue weighted by molar-refractivity contribution is -0.109. The zero-order valence-electron chi connectivity index (χ0n) is 6.69. The summed E-state index contributed by atoms with van der Waals surface area (Å²) >= 11 is 0. The second-order valence-electron chi connectivity index (χ2n) is 3.07. The van der Waals surface area contributed by atoms with E-state index in [4.69, 9.17) is 9.84 Å². The number of carbonyl (C=O) groups excluding carboxylic acids is 1. The standard InChI is InChI=1S/C8H14O3/c1-6-4-7(2-3-9)8(5-10)11-6/h3,6-8,10H,2,4-5H2,1H3/t6-,7?,8+/m0/s1. The van der Waals surface area contributed by atoms with Crippen LogP contribution in [0.15, 0.2) is 0 Å². The first-order chi connectivity index (χ1) is 5.27. The van der Waals surface area contributed by atoms with Crippen LogP contribution in [0.5, 0.6) is 0 Å². The van der Waals surface area contributed by atoms with Crippen molar-refractivity contribution in [1.29, 1.82) is 0 Å². The van der Waals surface area contributed by atoms with E-state index in [9.17, 15) is 4.79 Å². The highest BCUT2D eigenvalue weighted by Gasteiger charge is 2.31. The minimum atomic E-state index is -0.116. The van der Waals surface area contributed by atoms with Crippen molar-refractivity contribution >= 4 is 6.29 Å². The molecule has 1 aliphatic heterocycles. The van der Waals surface area contributed by atoms with E-state index < -0.39 is 0 Å². The normalized spacial score (nSPS) is 37.5. The maximum atomic E-state index is 10.2. The Balaban J connectivity index is 2.43. The molecule has 3 nitrogen and oxygen atoms in total. The number of aliphatic hydroxyl groups excluding tert-OH is 1. The van der Waals surface area contributed by atoms with Crippen molar-refractivity contribution in [1.82, 2.24) is 0 Å². The molecule has 0 aromatic carbocycles. The summed E-state index contributed by atoms with van der Waals surface area (Å²) in [6.07, 6.45) is 2.38. The largest absolute Gasteiger partial charge is 0.394 e. The topological polar surface area (TPSA) is 46.5 Å². The van der Waals surface area contributed by atoms with Gasteiger partial charge in [0.15, 0.2) is 0 Å². The third-order valence-electron chi connectivity index (χ3n) is 2.15. The van der Waals surface area contributed by atoms with Gasteiger partial charge in [0.05, 0.1) is 18.8 Å². The number of hydrogen-bond acceptors (Lipinski definition) is 3. The average Bonchev–Trinajstić information content (AvgIpc) is 2.32. The van der Waals surface area contributed by atoms with Crippen molar-refractivity contribution in [2.24, 2.45) is 5.92 Å². The maximum Gasteiger partial charge on any atom is 0.120 e. The summed E-state index contributed by atoms with van der Waals surface area (Å²) in [7, 11) is 0. The van der Waals surface area contributed by atoms with Gasteiger partial charge in [-0.15, -0.1) is 0 Å². The van der Waals surface area contributed by atoms with Gasteiger partial charge in [0.2, 0.25) is 0 Å². The van der Waals surface area contributed by atoms with Crippen LogP contribution in [0.4, 0.5) is 0 Å². The zero-order valence-corrected chi connectivity index (χ0v) is 6.69. The third kappa shape index (κ3) is 2.01. The van der Waals surface area contributed by atoms with Crippen LogP contribution in [0.25, 0.3) is 0 Å². The lowest BCUT2D eigenvalue weighted by Crippen LogP contribution is -2.20. The fourth-order valence-corrected chi connectivity index (χ4v) is 1.61. The molecule has 3 heteroatoms. The molecule has 11 heavy (non-hydrogen) atoms. The van der Waals surface area contributed by atoms with E-state index in [1.165, 1.54) is 0 Å². The van der Waals surface area contributed by atoms with Crippen LogP contribution >= 0.6 is 0 Å². The molecule has 0 aromatic rings. The first-order valence-corrected chi connectivity index (χ1v) is 3.98. The quantitative estimate of drug-likeness (QED) is 0.603. The van der Waals surface area contributed by atoms with Crippen LogP contribution in [0.2, 0.25) is 0 Å². The predicted octanol–water partition coefficient (Wildman–Crippen LogP) is 0.361. The van der Waals surface area contributed by atoms with Gasteiger partial charge >= 0.3 is 0 Å². The summed E-state index contributed by atoms with van der Waals surface area (Å²) in [5, 5.41) is 8.84. The van der Waals surface area contributed by atoms with Crippen molar-refractivity contribution in [3.63, 3.8) is 0 Å². The molecule has 0 aliphatic carbocycles. The molecule has 3 atom stereocenters. The van der Waals surface area contributed by atoms with Gasteiger partial charge in [-0.05, 0) is 19.3 Å². The van der Waals surface area contributed by atoms with E-state index >= 15 is 0 Å². The van der Waals surface area contributed by atoms with E-state index in [-0.39, 0.29) is 24.7 Å². The minimum absolute atomic E-state index is 0.0306. The number of rotatable bonds is 3.